The zero-order valence-corrected chi connectivity index (χ0v) is 11.8. The second-order valence-electron chi connectivity index (χ2n) is 4.85. The molecule has 0 saturated carbocycles. The second kappa shape index (κ2) is 4.78. The van der Waals surface area contributed by atoms with Crippen molar-refractivity contribution in [2.45, 2.75) is 32.9 Å². The number of halogens is 1. The zero-order valence-electron chi connectivity index (χ0n) is 10.3. The number of benzene rings is 1. The molecule has 3 nitrogen and oxygen atoms in total. The summed E-state index contributed by atoms with van der Waals surface area (Å²) in [5.41, 5.74) is 1.93. The van der Waals surface area contributed by atoms with Gasteiger partial charge in [-0.3, -0.25) is 10.1 Å². The third-order valence-electron chi connectivity index (χ3n) is 3.27. The highest BCUT2D eigenvalue weighted by Crippen LogP contribution is 2.33. The lowest BCUT2D eigenvalue weighted by atomic mass is 10.0. The maximum atomic E-state index is 11.9. The Hall–Kier alpha value is -0.870. The molecule has 0 fully saturated rings. The van der Waals surface area contributed by atoms with Crippen LogP contribution in [0.15, 0.2) is 22.7 Å². The molecule has 1 aliphatic heterocycles. The summed E-state index contributed by atoms with van der Waals surface area (Å²) in [5.74, 6) is 0.532. The van der Waals surface area contributed by atoms with Crippen molar-refractivity contribution in [1.82, 2.24) is 5.32 Å². The van der Waals surface area contributed by atoms with E-state index in [1.54, 1.807) is 0 Å². The minimum absolute atomic E-state index is 0.0330. The lowest BCUT2D eigenvalue weighted by Gasteiger charge is -2.21. The molecular weight excluding hydrogens is 280 g/mol. The van der Waals surface area contributed by atoms with Crippen LogP contribution in [-0.4, -0.2) is 11.9 Å². The molecule has 2 N–H and O–H groups in total. The largest absolute Gasteiger partial charge is 0.324 e. The average Bonchev–Trinajstić information content (AvgIpc) is 2.55. The van der Waals surface area contributed by atoms with Crippen molar-refractivity contribution in [2.24, 2.45) is 5.92 Å². The molecule has 0 bridgehead atoms. The SMILES string of the molecule is CC(C)C(C)NC1C(=O)Nc2ccc(Br)cc21. The molecule has 0 saturated heterocycles. The number of carbonyl (C=O) groups is 1. The molecule has 17 heavy (non-hydrogen) atoms. The van der Waals surface area contributed by atoms with E-state index in [-0.39, 0.29) is 11.9 Å². The highest BCUT2D eigenvalue weighted by Gasteiger charge is 2.31. The summed E-state index contributed by atoms with van der Waals surface area (Å²) in [7, 11) is 0. The molecule has 1 aliphatic rings. The first kappa shape index (κ1) is 12.6. The predicted octanol–water partition coefficient (Wildman–Crippen LogP) is 3.08. The molecule has 0 spiro atoms. The van der Waals surface area contributed by atoms with Gasteiger partial charge < -0.3 is 5.32 Å². The van der Waals surface area contributed by atoms with Crippen LogP contribution in [0.4, 0.5) is 5.69 Å². The van der Waals surface area contributed by atoms with Gasteiger partial charge in [0.2, 0.25) is 5.91 Å². The van der Waals surface area contributed by atoms with Gasteiger partial charge in [0, 0.05) is 21.8 Å². The van der Waals surface area contributed by atoms with Crippen LogP contribution >= 0.6 is 15.9 Å². The van der Waals surface area contributed by atoms with Crippen LogP contribution in [0.25, 0.3) is 0 Å². The maximum absolute atomic E-state index is 11.9. The standard InChI is InChI=1S/C13H17BrN2O/c1-7(2)8(3)15-12-10-6-9(14)4-5-11(10)16-13(12)17/h4-8,12,15H,1-3H3,(H,16,17). The normalized spacial score (nSPS) is 20.3. The summed E-state index contributed by atoms with van der Waals surface area (Å²) in [6, 6.07) is 5.93. The number of carbonyl (C=O) groups excluding carboxylic acids is 1. The van der Waals surface area contributed by atoms with Gasteiger partial charge in [-0.1, -0.05) is 29.8 Å². The van der Waals surface area contributed by atoms with E-state index in [0.717, 1.165) is 15.7 Å². The van der Waals surface area contributed by atoms with Crippen molar-refractivity contribution in [3.63, 3.8) is 0 Å². The van der Waals surface area contributed by atoms with Gasteiger partial charge in [-0.05, 0) is 31.0 Å². The summed E-state index contributed by atoms with van der Waals surface area (Å²) < 4.78 is 0.997. The molecule has 1 amide bonds. The van der Waals surface area contributed by atoms with Crippen molar-refractivity contribution in [3.8, 4) is 0 Å². The Morgan fingerprint density at radius 3 is 2.71 bits per heavy atom. The summed E-state index contributed by atoms with van der Waals surface area (Å²) in [4.78, 5) is 11.9. The van der Waals surface area contributed by atoms with Gasteiger partial charge in [-0.2, -0.15) is 0 Å². The Morgan fingerprint density at radius 1 is 1.35 bits per heavy atom. The van der Waals surface area contributed by atoms with Crippen molar-refractivity contribution in [2.75, 3.05) is 5.32 Å². The molecule has 0 radical (unpaired) electrons. The minimum atomic E-state index is -0.236. The fourth-order valence-corrected chi connectivity index (χ4v) is 2.23. The molecule has 0 aliphatic carbocycles. The summed E-state index contributed by atoms with van der Waals surface area (Å²) in [6.07, 6.45) is 0. The number of anilines is 1. The van der Waals surface area contributed by atoms with Crippen LogP contribution in [0.1, 0.15) is 32.4 Å². The summed E-state index contributed by atoms with van der Waals surface area (Å²) in [5, 5.41) is 6.28. The fourth-order valence-electron chi connectivity index (χ4n) is 1.85. The molecule has 2 unspecified atom stereocenters. The molecular formula is C13H17BrN2O. The van der Waals surface area contributed by atoms with Crippen molar-refractivity contribution in [1.29, 1.82) is 0 Å². The number of fused-ring (bicyclic) bond motifs is 1. The number of rotatable bonds is 3. The number of nitrogens with one attached hydrogen (secondary N) is 2. The van der Waals surface area contributed by atoms with E-state index in [0.29, 0.717) is 12.0 Å². The molecule has 2 rings (SSSR count). The summed E-state index contributed by atoms with van der Waals surface area (Å²) >= 11 is 3.44. The quantitative estimate of drug-likeness (QED) is 0.900. The lowest BCUT2D eigenvalue weighted by Crippen LogP contribution is -2.37. The van der Waals surface area contributed by atoms with Gasteiger partial charge in [-0.15, -0.1) is 0 Å². The number of hydrogen-bond donors (Lipinski definition) is 2. The van der Waals surface area contributed by atoms with Gasteiger partial charge in [0.25, 0.3) is 0 Å². The van der Waals surface area contributed by atoms with E-state index in [4.69, 9.17) is 0 Å². The van der Waals surface area contributed by atoms with Crippen LogP contribution in [-0.2, 0) is 4.79 Å². The second-order valence-corrected chi connectivity index (χ2v) is 5.77. The minimum Gasteiger partial charge on any atom is -0.324 e. The van der Waals surface area contributed by atoms with Gasteiger partial charge in [0.15, 0.2) is 0 Å². The lowest BCUT2D eigenvalue weighted by molar-refractivity contribution is -0.117. The predicted molar refractivity (Wildman–Crippen MR) is 72.9 cm³/mol. The molecule has 1 heterocycles. The van der Waals surface area contributed by atoms with Gasteiger partial charge in [-0.25, -0.2) is 0 Å². The van der Waals surface area contributed by atoms with E-state index in [1.807, 2.05) is 18.2 Å². The van der Waals surface area contributed by atoms with Crippen LogP contribution in [0.5, 0.6) is 0 Å². The van der Waals surface area contributed by atoms with E-state index < -0.39 is 0 Å². The van der Waals surface area contributed by atoms with Crippen molar-refractivity contribution >= 4 is 27.5 Å². The molecule has 92 valence electrons. The Bertz CT molecular complexity index is 445. The Labute approximate surface area is 110 Å². The van der Waals surface area contributed by atoms with Gasteiger partial charge >= 0.3 is 0 Å². The fraction of sp³-hybridized carbons (Fsp3) is 0.462. The Balaban J connectivity index is 2.25. The molecule has 2 atom stereocenters. The third-order valence-corrected chi connectivity index (χ3v) is 3.77. The molecule has 1 aromatic rings. The van der Waals surface area contributed by atoms with Crippen LogP contribution < -0.4 is 10.6 Å². The Morgan fingerprint density at radius 2 is 2.06 bits per heavy atom. The van der Waals surface area contributed by atoms with Crippen molar-refractivity contribution < 1.29 is 4.79 Å². The third kappa shape index (κ3) is 2.53. The summed E-state index contributed by atoms with van der Waals surface area (Å²) in [6.45, 7) is 6.40. The highest BCUT2D eigenvalue weighted by atomic mass is 79.9. The number of hydrogen-bond acceptors (Lipinski definition) is 2. The van der Waals surface area contributed by atoms with E-state index in [1.165, 1.54) is 0 Å². The average molecular weight is 297 g/mol. The van der Waals surface area contributed by atoms with Crippen LogP contribution in [0, 0.1) is 5.92 Å². The molecule has 1 aromatic carbocycles. The van der Waals surface area contributed by atoms with Crippen LogP contribution in [0.3, 0.4) is 0 Å². The van der Waals surface area contributed by atoms with Crippen LogP contribution in [0.2, 0.25) is 0 Å². The van der Waals surface area contributed by atoms with Crippen molar-refractivity contribution in [3.05, 3.63) is 28.2 Å². The molecule has 4 heteroatoms. The first-order valence-electron chi connectivity index (χ1n) is 5.85. The smallest absolute Gasteiger partial charge is 0.246 e. The van der Waals surface area contributed by atoms with Gasteiger partial charge in [0.05, 0.1) is 0 Å². The zero-order chi connectivity index (χ0) is 12.6. The first-order valence-corrected chi connectivity index (χ1v) is 6.64. The van der Waals surface area contributed by atoms with E-state index >= 15 is 0 Å². The number of amides is 1. The Kier molecular flexibility index (Phi) is 3.54. The monoisotopic (exact) mass is 296 g/mol. The topological polar surface area (TPSA) is 41.1 Å². The molecule has 0 aromatic heterocycles. The first-order chi connectivity index (χ1) is 7.99. The van der Waals surface area contributed by atoms with E-state index in [2.05, 4.69) is 47.3 Å². The van der Waals surface area contributed by atoms with Gasteiger partial charge in [0.1, 0.15) is 6.04 Å². The maximum Gasteiger partial charge on any atom is 0.246 e. The van der Waals surface area contributed by atoms with E-state index in [9.17, 15) is 4.79 Å². The highest BCUT2D eigenvalue weighted by molar-refractivity contribution is 9.10.